The van der Waals surface area contributed by atoms with Crippen molar-refractivity contribution in [3.05, 3.63) is 33.8 Å². The topological polar surface area (TPSA) is 12.0 Å². The fourth-order valence-electron chi connectivity index (χ4n) is 3.20. The van der Waals surface area contributed by atoms with Gasteiger partial charge in [-0.05, 0) is 53.4 Å². The first kappa shape index (κ1) is 16.9. The molecule has 1 aromatic carbocycles. The third-order valence-electron chi connectivity index (χ3n) is 4.35. The van der Waals surface area contributed by atoms with Crippen LogP contribution in [-0.4, -0.2) is 6.54 Å². The van der Waals surface area contributed by atoms with Crippen molar-refractivity contribution in [2.45, 2.75) is 57.9 Å². The molecule has 0 amide bonds. The number of nitrogens with one attached hydrogen (secondary N) is 1. The molecule has 1 aromatic rings. The molecule has 0 aliphatic heterocycles. The van der Waals surface area contributed by atoms with E-state index in [-0.39, 0.29) is 16.3 Å². The molecule has 1 fully saturated rings. The standard InChI is InChI=1S/C17H24BrF2N/c1-2-8-21-17(9-12-6-4-3-5-7-12)13-10-16(20)14(18)11-15(13)19/h10-12,17,21H,2-9H2,1H3. The van der Waals surface area contributed by atoms with Crippen LogP contribution in [0.2, 0.25) is 0 Å². The Hall–Kier alpha value is -0.480. The Kier molecular flexibility index (Phi) is 6.62. The second kappa shape index (κ2) is 8.23. The molecule has 0 bridgehead atoms. The molecule has 2 rings (SSSR count). The maximum atomic E-state index is 14.2. The van der Waals surface area contributed by atoms with Gasteiger partial charge in [-0.2, -0.15) is 0 Å². The predicted octanol–water partition coefficient (Wildman–Crippen LogP) is 5.74. The van der Waals surface area contributed by atoms with Crippen LogP contribution in [0.3, 0.4) is 0 Å². The zero-order valence-electron chi connectivity index (χ0n) is 12.6. The van der Waals surface area contributed by atoms with Crippen LogP contribution in [0.5, 0.6) is 0 Å². The number of halogens is 3. The molecular weight excluding hydrogens is 336 g/mol. The van der Waals surface area contributed by atoms with Gasteiger partial charge in [0, 0.05) is 11.6 Å². The molecular formula is C17H24BrF2N. The van der Waals surface area contributed by atoms with E-state index in [4.69, 9.17) is 0 Å². The number of hydrogen-bond acceptors (Lipinski definition) is 1. The van der Waals surface area contributed by atoms with Crippen LogP contribution in [0.25, 0.3) is 0 Å². The van der Waals surface area contributed by atoms with Gasteiger partial charge < -0.3 is 5.32 Å². The lowest BCUT2D eigenvalue weighted by Crippen LogP contribution is -2.26. The average Bonchev–Trinajstić information content (AvgIpc) is 2.48. The van der Waals surface area contributed by atoms with Crippen LogP contribution >= 0.6 is 15.9 Å². The summed E-state index contributed by atoms with van der Waals surface area (Å²) in [6, 6.07) is 2.50. The summed E-state index contributed by atoms with van der Waals surface area (Å²) < 4.78 is 28.2. The predicted molar refractivity (Wildman–Crippen MR) is 86.3 cm³/mol. The van der Waals surface area contributed by atoms with E-state index in [1.165, 1.54) is 44.2 Å². The van der Waals surface area contributed by atoms with E-state index in [2.05, 4.69) is 28.2 Å². The molecule has 1 unspecified atom stereocenters. The number of rotatable bonds is 6. The van der Waals surface area contributed by atoms with E-state index in [1.807, 2.05) is 0 Å². The zero-order chi connectivity index (χ0) is 15.2. The van der Waals surface area contributed by atoms with Gasteiger partial charge in [0.05, 0.1) is 4.47 Å². The molecule has 21 heavy (non-hydrogen) atoms. The van der Waals surface area contributed by atoms with Gasteiger partial charge in [0.15, 0.2) is 0 Å². The van der Waals surface area contributed by atoms with Crippen molar-refractivity contribution in [3.8, 4) is 0 Å². The van der Waals surface area contributed by atoms with Gasteiger partial charge in [0.25, 0.3) is 0 Å². The van der Waals surface area contributed by atoms with E-state index < -0.39 is 5.82 Å². The van der Waals surface area contributed by atoms with Crippen LogP contribution < -0.4 is 5.32 Å². The van der Waals surface area contributed by atoms with Crippen LogP contribution in [0.4, 0.5) is 8.78 Å². The monoisotopic (exact) mass is 359 g/mol. The summed E-state index contributed by atoms with van der Waals surface area (Å²) in [5.74, 6) is -0.0924. The summed E-state index contributed by atoms with van der Waals surface area (Å²) in [5.41, 5.74) is 0.467. The first-order chi connectivity index (χ1) is 10.1. The summed E-state index contributed by atoms with van der Waals surface area (Å²) in [7, 11) is 0. The Morgan fingerprint density at radius 2 is 1.90 bits per heavy atom. The Bertz CT molecular complexity index is 458. The van der Waals surface area contributed by atoms with Crippen molar-refractivity contribution in [1.29, 1.82) is 0 Å². The van der Waals surface area contributed by atoms with E-state index in [0.717, 1.165) is 19.4 Å². The Morgan fingerprint density at radius 3 is 2.57 bits per heavy atom. The minimum absolute atomic E-state index is 0.0874. The van der Waals surface area contributed by atoms with E-state index >= 15 is 0 Å². The summed E-state index contributed by atoms with van der Waals surface area (Å²) >= 11 is 3.05. The highest BCUT2D eigenvalue weighted by Crippen LogP contribution is 2.34. The lowest BCUT2D eigenvalue weighted by molar-refractivity contribution is 0.296. The van der Waals surface area contributed by atoms with Crippen molar-refractivity contribution >= 4 is 15.9 Å². The minimum atomic E-state index is -0.390. The van der Waals surface area contributed by atoms with Crippen molar-refractivity contribution < 1.29 is 8.78 Å². The molecule has 0 heterocycles. The Balaban J connectivity index is 2.16. The number of benzene rings is 1. The molecule has 118 valence electrons. The van der Waals surface area contributed by atoms with Crippen LogP contribution in [0.15, 0.2) is 16.6 Å². The average molecular weight is 360 g/mol. The third kappa shape index (κ3) is 4.75. The molecule has 1 nitrogen and oxygen atoms in total. The van der Waals surface area contributed by atoms with Crippen molar-refractivity contribution in [2.75, 3.05) is 6.54 Å². The highest BCUT2D eigenvalue weighted by Gasteiger charge is 2.23. The Morgan fingerprint density at radius 1 is 1.19 bits per heavy atom. The smallest absolute Gasteiger partial charge is 0.137 e. The van der Waals surface area contributed by atoms with Crippen LogP contribution in [-0.2, 0) is 0 Å². The highest BCUT2D eigenvalue weighted by molar-refractivity contribution is 9.10. The lowest BCUT2D eigenvalue weighted by Gasteiger charge is -2.28. The van der Waals surface area contributed by atoms with Crippen molar-refractivity contribution in [2.24, 2.45) is 5.92 Å². The molecule has 0 aromatic heterocycles. The second-order valence-electron chi connectivity index (χ2n) is 6.03. The molecule has 1 aliphatic rings. The molecule has 0 radical (unpaired) electrons. The van der Waals surface area contributed by atoms with Gasteiger partial charge in [-0.1, -0.05) is 39.0 Å². The highest BCUT2D eigenvalue weighted by atomic mass is 79.9. The molecule has 0 spiro atoms. The molecule has 4 heteroatoms. The maximum absolute atomic E-state index is 14.2. The van der Waals surface area contributed by atoms with E-state index in [0.29, 0.717) is 11.5 Å². The van der Waals surface area contributed by atoms with E-state index in [9.17, 15) is 8.78 Å². The molecule has 1 aliphatic carbocycles. The molecule has 0 saturated heterocycles. The van der Waals surface area contributed by atoms with E-state index in [1.54, 1.807) is 0 Å². The fourth-order valence-corrected chi connectivity index (χ4v) is 3.52. The van der Waals surface area contributed by atoms with Crippen molar-refractivity contribution in [3.63, 3.8) is 0 Å². The van der Waals surface area contributed by atoms with Crippen LogP contribution in [0.1, 0.15) is 63.5 Å². The van der Waals surface area contributed by atoms with Gasteiger partial charge in [0.2, 0.25) is 0 Å². The third-order valence-corrected chi connectivity index (χ3v) is 4.96. The second-order valence-corrected chi connectivity index (χ2v) is 6.89. The van der Waals surface area contributed by atoms with Gasteiger partial charge in [-0.15, -0.1) is 0 Å². The van der Waals surface area contributed by atoms with Gasteiger partial charge in [-0.3, -0.25) is 0 Å². The van der Waals surface area contributed by atoms with Gasteiger partial charge >= 0.3 is 0 Å². The SMILES string of the molecule is CCCNC(CC1CCCCC1)c1cc(F)c(Br)cc1F. The number of hydrogen-bond donors (Lipinski definition) is 1. The summed E-state index contributed by atoms with van der Waals surface area (Å²) in [4.78, 5) is 0. The minimum Gasteiger partial charge on any atom is -0.310 e. The summed E-state index contributed by atoms with van der Waals surface area (Å²) in [6.45, 7) is 2.91. The summed E-state index contributed by atoms with van der Waals surface area (Å²) in [5, 5.41) is 3.40. The lowest BCUT2D eigenvalue weighted by atomic mass is 9.83. The van der Waals surface area contributed by atoms with Gasteiger partial charge in [-0.25, -0.2) is 8.78 Å². The molecule has 1 N–H and O–H groups in total. The quantitative estimate of drug-likeness (QED) is 0.638. The Labute approximate surface area is 134 Å². The zero-order valence-corrected chi connectivity index (χ0v) is 14.2. The van der Waals surface area contributed by atoms with Crippen LogP contribution in [0, 0.1) is 17.6 Å². The van der Waals surface area contributed by atoms with Gasteiger partial charge in [0.1, 0.15) is 11.6 Å². The molecule has 1 saturated carbocycles. The largest absolute Gasteiger partial charge is 0.310 e. The first-order valence-electron chi connectivity index (χ1n) is 7.99. The normalized spacial score (nSPS) is 17.9. The molecule has 1 atom stereocenters. The maximum Gasteiger partial charge on any atom is 0.137 e. The summed E-state index contributed by atoms with van der Waals surface area (Å²) in [6.07, 6.45) is 8.16. The van der Waals surface area contributed by atoms with Crippen molar-refractivity contribution in [1.82, 2.24) is 5.32 Å². The first-order valence-corrected chi connectivity index (χ1v) is 8.79. The fraction of sp³-hybridized carbons (Fsp3) is 0.647.